The zero-order chi connectivity index (χ0) is 15.9. The lowest BCUT2D eigenvalue weighted by molar-refractivity contribution is -0.141. The molecule has 0 radical (unpaired) electrons. The predicted octanol–water partition coefficient (Wildman–Crippen LogP) is 3.42. The van der Waals surface area contributed by atoms with Crippen molar-refractivity contribution >= 4 is 23.5 Å². The van der Waals surface area contributed by atoms with Crippen molar-refractivity contribution in [2.75, 3.05) is 7.11 Å². The van der Waals surface area contributed by atoms with E-state index in [0.29, 0.717) is 11.4 Å². The van der Waals surface area contributed by atoms with Crippen LogP contribution in [0.2, 0.25) is 5.02 Å². The molecule has 1 N–H and O–H groups in total. The summed E-state index contributed by atoms with van der Waals surface area (Å²) in [4.78, 5) is 23.8. The number of hydrogen-bond acceptors (Lipinski definition) is 3. The second kappa shape index (κ2) is 7.99. The number of rotatable bonds is 6. The van der Waals surface area contributed by atoms with Gasteiger partial charge in [-0.3, -0.25) is 9.59 Å². The minimum atomic E-state index is -0.473. The van der Waals surface area contributed by atoms with E-state index >= 15 is 0 Å². The lowest BCUT2D eigenvalue weighted by atomic mass is 10.0. The second-order valence-electron chi connectivity index (χ2n) is 5.39. The molecule has 118 valence electrons. The molecule has 0 aliphatic heterocycles. The van der Waals surface area contributed by atoms with Gasteiger partial charge in [-0.1, -0.05) is 42.0 Å². The zero-order valence-corrected chi connectivity index (χ0v) is 13.3. The highest BCUT2D eigenvalue weighted by molar-refractivity contribution is 6.31. The number of halogens is 1. The number of esters is 1. The maximum absolute atomic E-state index is 12.2. The Morgan fingerprint density at radius 3 is 2.82 bits per heavy atom. The van der Waals surface area contributed by atoms with Crippen molar-refractivity contribution in [1.82, 2.24) is 5.32 Å². The molecule has 0 fully saturated rings. The van der Waals surface area contributed by atoms with E-state index in [0.717, 1.165) is 18.4 Å². The van der Waals surface area contributed by atoms with Gasteiger partial charge in [0.2, 0.25) is 5.91 Å². The van der Waals surface area contributed by atoms with E-state index < -0.39 is 6.04 Å². The van der Waals surface area contributed by atoms with Gasteiger partial charge in [0.25, 0.3) is 0 Å². The van der Waals surface area contributed by atoms with Gasteiger partial charge >= 0.3 is 5.97 Å². The van der Waals surface area contributed by atoms with Crippen LogP contribution in [0.4, 0.5) is 0 Å². The molecule has 1 aromatic rings. The summed E-state index contributed by atoms with van der Waals surface area (Å²) in [5.41, 5.74) is 0.727. The van der Waals surface area contributed by atoms with Crippen LogP contribution >= 0.6 is 11.6 Å². The van der Waals surface area contributed by atoms with Crippen LogP contribution < -0.4 is 5.32 Å². The molecule has 1 aliphatic rings. The van der Waals surface area contributed by atoms with Gasteiger partial charge in [-0.25, -0.2) is 0 Å². The minimum Gasteiger partial charge on any atom is -0.469 e. The van der Waals surface area contributed by atoms with Crippen LogP contribution in [0.25, 0.3) is 0 Å². The van der Waals surface area contributed by atoms with Gasteiger partial charge in [-0.15, -0.1) is 0 Å². The lowest BCUT2D eigenvalue weighted by Gasteiger charge is -2.20. The number of ether oxygens (including phenoxy) is 1. The maximum Gasteiger partial charge on any atom is 0.307 e. The molecule has 2 atom stereocenters. The monoisotopic (exact) mass is 321 g/mol. The molecule has 2 rings (SSSR count). The van der Waals surface area contributed by atoms with Gasteiger partial charge in [0.15, 0.2) is 0 Å². The van der Waals surface area contributed by atoms with Gasteiger partial charge in [0.05, 0.1) is 19.6 Å². The summed E-state index contributed by atoms with van der Waals surface area (Å²) >= 11 is 6.18. The van der Waals surface area contributed by atoms with Gasteiger partial charge < -0.3 is 10.1 Å². The first-order valence-electron chi connectivity index (χ1n) is 7.37. The van der Waals surface area contributed by atoms with E-state index in [1.165, 1.54) is 7.11 Å². The molecular weight excluding hydrogens is 302 g/mol. The summed E-state index contributed by atoms with van der Waals surface area (Å²) in [5.74, 6) is -0.179. The van der Waals surface area contributed by atoms with Gasteiger partial charge in [-0.2, -0.15) is 0 Å². The van der Waals surface area contributed by atoms with Crippen molar-refractivity contribution in [3.63, 3.8) is 0 Å². The summed E-state index contributed by atoms with van der Waals surface area (Å²) in [6.45, 7) is 0. The molecule has 5 heteroatoms. The standard InChI is InChI=1S/C17H20ClNO3/c1-22-17(21)11-15(13-8-4-5-9-14(13)18)19-16(20)10-12-6-2-3-7-12/h2,4-6,8-9,12,15H,3,7,10-11H2,1H3,(H,19,20)/t12-,15-/m1/s1. The number of carbonyl (C=O) groups is 2. The van der Waals surface area contributed by atoms with Crippen LogP contribution in [-0.4, -0.2) is 19.0 Å². The number of nitrogens with one attached hydrogen (secondary N) is 1. The fraction of sp³-hybridized carbons (Fsp3) is 0.412. The molecule has 22 heavy (non-hydrogen) atoms. The smallest absolute Gasteiger partial charge is 0.307 e. The molecule has 1 amide bonds. The molecule has 0 heterocycles. The largest absolute Gasteiger partial charge is 0.469 e. The fourth-order valence-electron chi connectivity index (χ4n) is 2.60. The van der Waals surface area contributed by atoms with Crippen molar-refractivity contribution in [3.05, 3.63) is 47.0 Å². The highest BCUT2D eigenvalue weighted by Gasteiger charge is 2.22. The first-order chi connectivity index (χ1) is 10.6. The summed E-state index contributed by atoms with van der Waals surface area (Å²) in [6, 6.07) is 6.72. The van der Waals surface area contributed by atoms with Crippen molar-refractivity contribution in [2.45, 2.75) is 31.7 Å². The van der Waals surface area contributed by atoms with Crippen molar-refractivity contribution in [2.24, 2.45) is 5.92 Å². The lowest BCUT2D eigenvalue weighted by Crippen LogP contribution is -2.31. The number of amides is 1. The SMILES string of the molecule is COC(=O)C[C@@H](NC(=O)C[C@@H]1C=CCC1)c1ccccc1Cl. The van der Waals surface area contributed by atoms with E-state index in [2.05, 4.69) is 17.5 Å². The summed E-state index contributed by atoms with van der Waals surface area (Å²) in [5, 5.41) is 3.43. The first kappa shape index (κ1) is 16.6. The Kier molecular flexibility index (Phi) is 6.01. The molecular formula is C17H20ClNO3. The van der Waals surface area contributed by atoms with Gasteiger partial charge in [0.1, 0.15) is 0 Å². The Bertz CT molecular complexity index is 571. The fourth-order valence-corrected chi connectivity index (χ4v) is 2.87. The Hall–Kier alpha value is -1.81. The van der Waals surface area contributed by atoms with E-state index in [4.69, 9.17) is 16.3 Å². The summed E-state index contributed by atoms with van der Waals surface area (Å²) < 4.78 is 4.71. The van der Waals surface area contributed by atoms with Crippen LogP contribution in [0.5, 0.6) is 0 Å². The Balaban J connectivity index is 2.07. The summed E-state index contributed by atoms with van der Waals surface area (Å²) in [6.07, 6.45) is 6.68. The third-order valence-electron chi connectivity index (χ3n) is 3.77. The Morgan fingerprint density at radius 1 is 1.41 bits per heavy atom. The van der Waals surface area contributed by atoms with Gasteiger partial charge in [-0.05, 0) is 30.4 Å². The number of hydrogen-bond donors (Lipinski definition) is 1. The normalized spacial score (nSPS) is 18.0. The highest BCUT2D eigenvalue weighted by atomic mass is 35.5. The van der Waals surface area contributed by atoms with Gasteiger partial charge in [0, 0.05) is 11.4 Å². The Morgan fingerprint density at radius 2 is 2.18 bits per heavy atom. The topological polar surface area (TPSA) is 55.4 Å². The maximum atomic E-state index is 12.2. The number of carbonyl (C=O) groups excluding carboxylic acids is 2. The van der Waals surface area contributed by atoms with Crippen LogP contribution in [0.15, 0.2) is 36.4 Å². The second-order valence-corrected chi connectivity index (χ2v) is 5.80. The molecule has 0 saturated carbocycles. The van der Waals surface area contributed by atoms with Crippen molar-refractivity contribution < 1.29 is 14.3 Å². The number of benzene rings is 1. The molecule has 1 aromatic carbocycles. The summed E-state index contributed by atoms with van der Waals surface area (Å²) in [7, 11) is 1.33. The minimum absolute atomic E-state index is 0.0620. The van der Waals surface area contributed by atoms with Crippen LogP contribution in [0, 0.1) is 5.92 Å². The molecule has 1 aliphatic carbocycles. The average molecular weight is 322 g/mol. The molecule has 0 unspecified atom stereocenters. The first-order valence-corrected chi connectivity index (χ1v) is 7.75. The number of methoxy groups -OCH3 is 1. The molecule has 0 saturated heterocycles. The van der Waals surface area contributed by atoms with Crippen molar-refractivity contribution in [3.8, 4) is 0 Å². The van der Waals surface area contributed by atoms with Crippen LogP contribution in [0.3, 0.4) is 0 Å². The van der Waals surface area contributed by atoms with E-state index in [-0.39, 0.29) is 24.2 Å². The zero-order valence-electron chi connectivity index (χ0n) is 12.5. The third kappa shape index (κ3) is 4.60. The van der Waals surface area contributed by atoms with E-state index in [1.54, 1.807) is 6.07 Å². The molecule has 0 bridgehead atoms. The highest BCUT2D eigenvalue weighted by Crippen LogP contribution is 2.26. The van der Waals surface area contributed by atoms with E-state index in [9.17, 15) is 9.59 Å². The van der Waals surface area contributed by atoms with Crippen molar-refractivity contribution in [1.29, 1.82) is 0 Å². The molecule has 4 nitrogen and oxygen atoms in total. The quantitative estimate of drug-likeness (QED) is 0.645. The predicted molar refractivity (Wildman–Crippen MR) is 85.4 cm³/mol. The number of allylic oxidation sites excluding steroid dienone is 2. The average Bonchev–Trinajstić information content (AvgIpc) is 2.99. The third-order valence-corrected chi connectivity index (χ3v) is 4.12. The molecule has 0 spiro atoms. The molecule has 0 aromatic heterocycles. The van der Waals surface area contributed by atoms with Crippen LogP contribution in [0.1, 0.15) is 37.3 Å². The van der Waals surface area contributed by atoms with Crippen LogP contribution in [-0.2, 0) is 14.3 Å². The Labute approximate surface area is 135 Å². The van der Waals surface area contributed by atoms with E-state index in [1.807, 2.05) is 18.2 Å².